The summed E-state index contributed by atoms with van der Waals surface area (Å²) >= 11 is 0. The monoisotopic (exact) mass is 645 g/mol. The number of hydrogen-bond acceptors (Lipinski definition) is 2. The molecule has 250 valence electrons. The molecule has 0 aliphatic rings. The van der Waals surface area contributed by atoms with Crippen LogP contribution < -0.4 is 0 Å². The summed E-state index contributed by atoms with van der Waals surface area (Å²) in [5.74, 6) is 1.81. The van der Waals surface area contributed by atoms with Gasteiger partial charge in [0, 0.05) is 19.0 Å². The minimum Gasteiger partial charge on any atom is -0.253 e. The van der Waals surface area contributed by atoms with Gasteiger partial charge in [-0.1, -0.05) is 127 Å². The van der Waals surface area contributed by atoms with Gasteiger partial charge in [-0.3, -0.25) is 4.68 Å². The Hall–Kier alpha value is -4.76. The summed E-state index contributed by atoms with van der Waals surface area (Å²) in [6.07, 6.45) is 1.98. The molecular weight excluding hydrogens is 595 g/mol. The zero-order valence-electron chi connectivity index (χ0n) is 31.1. The Labute approximate surface area is 294 Å². The Bertz CT molecular complexity index is 2000. The largest absolute Gasteiger partial charge is 0.253 e. The lowest BCUT2D eigenvalue weighted by atomic mass is 9.84. The van der Waals surface area contributed by atoms with E-state index in [1.165, 1.54) is 66.8 Å². The van der Waals surface area contributed by atoms with Gasteiger partial charge in [-0.25, -0.2) is 4.98 Å². The zero-order valence-corrected chi connectivity index (χ0v) is 31.1. The van der Waals surface area contributed by atoms with Crippen molar-refractivity contribution in [2.45, 2.75) is 86.0 Å². The van der Waals surface area contributed by atoms with Crippen LogP contribution in [0.5, 0.6) is 0 Å². The molecule has 0 bridgehead atoms. The van der Waals surface area contributed by atoms with E-state index in [9.17, 15) is 0 Å². The Morgan fingerprint density at radius 2 is 0.959 bits per heavy atom. The van der Waals surface area contributed by atoms with Crippen LogP contribution in [0.15, 0.2) is 103 Å². The molecule has 6 rings (SSSR count). The topological polar surface area (TPSA) is 30.7 Å². The molecule has 3 heteroatoms. The van der Waals surface area contributed by atoms with Crippen LogP contribution in [0.3, 0.4) is 0 Å². The van der Waals surface area contributed by atoms with E-state index in [1.807, 2.05) is 11.7 Å². The number of aromatic nitrogens is 3. The fraction of sp³-hybridized carbons (Fsp3) is 0.304. The average Bonchev–Trinajstić information content (AvgIpc) is 3.43. The van der Waals surface area contributed by atoms with E-state index >= 15 is 0 Å². The van der Waals surface area contributed by atoms with Crippen molar-refractivity contribution in [1.29, 1.82) is 0 Å². The van der Waals surface area contributed by atoms with Gasteiger partial charge in [0.05, 0.1) is 0 Å². The first-order valence-electron chi connectivity index (χ1n) is 17.7. The first-order chi connectivity index (χ1) is 23.2. The lowest BCUT2D eigenvalue weighted by Crippen LogP contribution is -2.10. The van der Waals surface area contributed by atoms with Gasteiger partial charge in [0.15, 0.2) is 5.82 Å². The summed E-state index contributed by atoms with van der Waals surface area (Å²) in [4.78, 5) is 4.85. The van der Waals surface area contributed by atoms with E-state index in [4.69, 9.17) is 10.1 Å². The molecule has 0 aliphatic carbocycles. The normalized spacial score (nSPS) is 12.0. The summed E-state index contributed by atoms with van der Waals surface area (Å²) in [5, 5.41) is 4.74. The standard InChI is InChI=1S/C46H51N3/c1-11-13-42-47-44(48-49(42)10)35-15-12-14-34(26-35)43-30(2)24-36(25-31(43)3)39-28-37(32-16-20-40(21-17-32)45(4,5)6)27-38(29-39)33-18-22-41(23-19-33)46(7,8)9/h12,14-29H,11,13H2,1-10H3. The fourth-order valence-electron chi connectivity index (χ4n) is 6.83. The molecule has 0 spiro atoms. The van der Waals surface area contributed by atoms with E-state index in [0.717, 1.165) is 30.1 Å². The van der Waals surface area contributed by atoms with E-state index in [2.05, 4.69) is 165 Å². The summed E-state index contributed by atoms with van der Waals surface area (Å²) in [7, 11) is 1.99. The highest BCUT2D eigenvalue weighted by Crippen LogP contribution is 2.38. The highest BCUT2D eigenvalue weighted by Gasteiger charge is 2.17. The Kier molecular flexibility index (Phi) is 9.24. The average molecular weight is 646 g/mol. The molecular formula is C46H51N3. The van der Waals surface area contributed by atoms with Crippen molar-refractivity contribution in [2.24, 2.45) is 7.05 Å². The maximum absolute atomic E-state index is 4.85. The van der Waals surface area contributed by atoms with Crippen LogP contribution in [0.1, 0.15) is 83.0 Å². The molecule has 0 saturated heterocycles. The third-order valence-corrected chi connectivity index (χ3v) is 9.70. The van der Waals surface area contributed by atoms with Crippen LogP contribution in [0.25, 0.3) is 55.9 Å². The van der Waals surface area contributed by atoms with Gasteiger partial charge in [-0.2, -0.15) is 5.10 Å². The van der Waals surface area contributed by atoms with Crippen molar-refractivity contribution in [3.63, 3.8) is 0 Å². The SMILES string of the molecule is CCCc1nc(-c2cccc(-c3c(C)cc(-c4cc(-c5ccc(C(C)(C)C)cc5)cc(-c5ccc(C(C)(C)C)cc5)c4)cc3C)c2)nn1C. The van der Waals surface area contributed by atoms with E-state index in [0.29, 0.717) is 0 Å². The van der Waals surface area contributed by atoms with Crippen molar-refractivity contribution in [3.8, 4) is 55.9 Å². The Balaban J connectivity index is 1.43. The first kappa shape index (κ1) is 34.1. The van der Waals surface area contributed by atoms with Gasteiger partial charge in [0.2, 0.25) is 0 Å². The number of aryl methyl sites for hydroxylation is 4. The molecule has 3 nitrogen and oxygen atoms in total. The molecule has 0 amide bonds. The molecule has 49 heavy (non-hydrogen) atoms. The summed E-state index contributed by atoms with van der Waals surface area (Å²) in [6, 6.07) is 38.7. The smallest absolute Gasteiger partial charge is 0.181 e. The van der Waals surface area contributed by atoms with Gasteiger partial charge in [0.1, 0.15) is 5.82 Å². The van der Waals surface area contributed by atoms with Crippen LogP contribution in [0.2, 0.25) is 0 Å². The predicted octanol–water partition coefficient (Wildman–Crippen LogP) is 12.3. The van der Waals surface area contributed by atoms with Gasteiger partial charge in [-0.15, -0.1) is 0 Å². The van der Waals surface area contributed by atoms with Crippen LogP contribution >= 0.6 is 0 Å². The summed E-state index contributed by atoms with van der Waals surface area (Å²) in [6.45, 7) is 20.3. The molecule has 0 atom stereocenters. The molecule has 0 fully saturated rings. The molecule has 1 heterocycles. The minimum absolute atomic E-state index is 0.114. The molecule has 0 radical (unpaired) electrons. The van der Waals surface area contributed by atoms with Crippen molar-refractivity contribution >= 4 is 0 Å². The molecule has 1 aromatic heterocycles. The van der Waals surface area contributed by atoms with Crippen LogP contribution in [0.4, 0.5) is 0 Å². The second kappa shape index (κ2) is 13.3. The Morgan fingerprint density at radius 3 is 1.43 bits per heavy atom. The summed E-state index contributed by atoms with van der Waals surface area (Å²) < 4.78 is 1.91. The predicted molar refractivity (Wildman–Crippen MR) is 209 cm³/mol. The van der Waals surface area contributed by atoms with E-state index in [1.54, 1.807) is 0 Å². The van der Waals surface area contributed by atoms with Crippen molar-refractivity contribution in [2.75, 3.05) is 0 Å². The first-order valence-corrected chi connectivity index (χ1v) is 17.7. The van der Waals surface area contributed by atoms with Crippen LogP contribution in [-0.4, -0.2) is 14.8 Å². The lowest BCUT2D eigenvalue weighted by molar-refractivity contribution is 0.590. The molecule has 0 saturated carbocycles. The fourth-order valence-corrected chi connectivity index (χ4v) is 6.83. The molecule has 0 unspecified atom stereocenters. The van der Waals surface area contributed by atoms with Gasteiger partial charge in [0.25, 0.3) is 0 Å². The molecule has 6 aromatic rings. The third-order valence-electron chi connectivity index (χ3n) is 9.70. The highest BCUT2D eigenvalue weighted by molar-refractivity contribution is 5.84. The zero-order chi connectivity index (χ0) is 35.1. The van der Waals surface area contributed by atoms with E-state index < -0.39 is 0 Å². The number of hydrogen-bond donors (Lipinski definition) is 0. The second-order valence-corrected chi connectivity index (χ2v) is 15.7. The quantitative estimate of drug-likeness (QED) is 0.173. The Morgan fingerprint density at radius 1 is 0.531 bits per heavy atom. The second-order valence-electron chi connectivity index (χ2n) is 15.7. The molecule has 5 aromatic carbocycles. The van der Waals surface area contributed by atoms with Crippen LogP contribution in [-0.2, 0) is 24.3 Å². The third kappa shape index (κ3) is 7.32. The molecule has 0 N–H and O–H groups in total. The minimum atomic E-state index is 0.114. The van der Waals surface area contributed by atoms with Crippen LogP contribution in [0, 0.1) is 13.8 Å². The van der Waals surface area contributed by atoms with E-state index in [-0.39, 0.29) is 10.8 Å². The van der Waals surface area contributed by atoms with Crippen molar-refractivity contribution < 1.29 is 0 Å². The van der Waals surface area contributed by atoms with Gasteiger partial charge >= 0.3 is 0 Å². The maximum atomic E-state index is 4.85. The van der Waals surface area contributed by atoms with Gasteiger partial charge < -0.3 is 0 Å². The highest BCUT2D eigenvalue weighted by atomic mass is 15.3. The van der Waals surface area contributed by atoms with Crippen molar-refractivity contribution in [1.82, 2.24) is 14.8 Å². The number of nitrogens with zero attached hydrogens (tertiary/aromatic N) is 3. The van der Waals surface area contributed by atoms with Gasteiger partial charge in [-0.05, 0) is 122 Å². The number of rotatable bonds is 7. The maximum Gasteiger partial charge on any atom is 0.181 e. The number of benzene rings is 5. The molecule has 0 aliphatic heterocycles. The summed E-state index contributed by atoms with van der Waals surface area (Å²) in [5.41, 5.74) is 16.3. The van der Waals surface area contributed by atoms with Crippen molar-refractivity contribution in [3.05, 3.63) is 131 Å². The lowest BCUT2D eigenvalue weighted by Gasteiger charge is -2.20.